The summed E-state index contributed by atoms with van der Waals surface area (Å²) in [6, 6.07) is 6.87. The van der Waals surface area contributed by atoms with Gasteiger partial charge in [-0.1, -0.05) is 31.9 Å². The Morgan fingerprint density at radius 1 is 1.35 bits per heavy atom. The smallest absolute Gasteiger partial charge is 0.0637 e. The topological polar surface area (TPSA) is 12.5 Å². The number of alkyl halides is 1. The maximum Gasteiger partial charge on any atom is 0.0637 e. The van der Waals surface area contributed by atoms with Crippen LogP contribution in [0.4, 0.5) is 5.69 Å². The number of hydrogen-bond donors (Lipinski definition) is 0. The van der Waals surface area contributed by atoms with Gasteiger partial charge in [0.15, 0.2) is 0 Å². The molecule has 0 saturated carbocycles. The average Bonchev–Trinajstić information content (AvgIpc) is 2.30. The van der Waals surface area contributed by atoms with E-state index in [-0.39, 0.29) is 0 Å². The highest BCUT2D eigenvalue weighted by Gasteiger charge is 2.13. The van der Waals surface area contributed by atoms with Gasteiger partial charge in [-0.05, 0) is 37.6 Å². The number of ether oxygens (including phenoxy) is 1. The van der Waals surface area contributed by atoms with Crippen LogP contribution in [0.1, 0.15) is 19.4 Å². The van der Waals surface area contributed by atoms with E-state index in [1.807, 2.05) is 0 Å². The fourth-order valence-corrected chi connectivity index (χ4v) is 2.65. The third-order valence-corrected chi connectivity index (χ3v) is 3.75. The molecule has 0 atom stereocenters. The van der Waals surface area contributed by atoms with Gasteiger partial charge in [0.25, 0.3) is 0 Å². The summed E-state index contributed by atoms with van der Waals surface area (Å²) >= 11 is 7.06. The Bertz CT molecular complexity index is 355. The number of methoxy groups -OCH3 is 1. The molecule has 1 aromatic rings. The number of hydrogen-bond acceptors (Lipinski definition) is 2. The molecule has 0 aliphatic rings. The lowest BCUT2D eigenvalue weighted by Crippen LogP contribution is -2.34. The van der Waals surface area contributed by atoms with Crippen molar-refractivity contribution in [1.29, 1.82) is 0 Å². The molecule has 4 heteroatoms. The molecule has 0 unspecified atom stereocenters. The largest absolute Gasteiger partial charge is 0.383 e. The van der Waals surface area contributed by atoms with Crippen molar-refractivity contribution in [3.63, 3.8) is 0 Å². The molecule has 17 heavy (non-hydrogen) atoms. The summed E-state index contributed by atoms with van der Waals surface area (Å²) in [5, 5.41) is 0.859. The normalized spacial score (nSPS) is 10.9. The van der Waals surface area contributed by atoms with Gasteiger partial charge in [-0.15, -0.1) is 0 Å². The van der Waals surface area contributed by atoms with E-state index < -0.39 is 0 Å². The Kier molecular flexibility index (Phi) is 6.52. The molecule has 2 nitrogen and oxygen atoms in total. The molecule has 0 bridgehead atoms. The first-order valence-electron chi connectivity index (χ1n) is 5.70. The molecule has 1 aromatic carbocycles. The molecular formula is C13H19Br2NO. The predicted molar refractivity (Wildman–Crippen MR) is 81.1 cm³/mol. The minimum Gasteiger partial charge on any atom is -0.383 e. The molecule has 0 N–H and O–H groups in total. The summed E-state index contributed by atoms with van der Waals surface area (Å²) in [7, 11) is 1.74. The maximum atomic E-state index is 5.18. The summed E-state index contributed by atoms with van der Waals surface area (Å²) in [5.41, 5.74) is 2.57. The highest BCUT2D eigenvalue weighted by molar-refractivity contribution is 9.10. The van der Waals surface area contributed by atoms with Gasteiger partial charge >= 0.3 is 0 Å². The van der Waals surface area contributed by atoms with Crippen molar-refractivity contribution in [1.82, 2.24) is 0 Å². The van der Waals surface area contributed by atoms with Gasteiger partial charge in [0.1, 0.15) is 0 Å². The van der Waals surface area contributed by atoms with E-state index in [1.165, 1.54) is 11.3 Å². The highest BCUT2D eigenvalue weighted by Crippen LogP contribution is 2.27. The van der Waals surface area contributed by atoms with E-state index in [1.54, 1.807) is 7.11 Å². The summed E-state index contributed by atoms with van der Waals surface area (Å²) in [6.07, 6.45) is 0. The minimum atomic E-state index is 0.462. The van der Waals surface area contributed by atoms with Crippen molar-refractivity contribution in [2.75, 3.05) is 25.2 Å². The average molecular weight is 365 g/mol. The van der Waals surface area contributed by atoms with E-state index in [0.717, 1.165) is 23.0 Å². The lowest BCUT2D eigenvalue weighted by Gasteiger charge is -2.30. The van der Waals surface area contributed by atoms with Gasteiger partial charge < -0.3 is 9.64 Å². The fourth-order valence-electron chi connectivity index (χ4n) is 1.79. The van der Waals surface area contributed by atoms with Gasteiger partial charge in [-0.3, -0.25) is 0 Å². The Balaban J connectivity index is 3.00. The van der Waals surface area contributed by atoms with Crippen LogP contribution < -0.4 is 4.90 Å². The summed E-state index contributed by atoms with van der Waals surface area (Å²) in [6.45, 7) is 6.07. The van der Waals surface area contributed by atoms with Gasteiger partial charge in [0.2, 0.25) is 0 Å². The molecule has 0 saturated heterocycles. The van der Waals surface area contributed by atoms with Gasteiger partial charge in [0.05, 0.1) is 6.61 Å². The predicted octanol–water partition coefficient (Wildman–Crippen LogP) is 4.21. The van der Waals surface area contributed by atoms with Crippen molar-refractivity contribution in [2.24, 2.45) is 0 Å². The monoisotopic (exact) mass is 363 g/mol. The summed E-state index contributed by atoms with van der Waals surface area (Å²) in [5.74, 6) is 0. The van der Waals surface area contributed by atoms with Gasteiger partial charge in [0, 0.05) is 35.2 Å². The van der Waals surface area contributed by atoms with Crippen LogP contribution in [0.5, 0.6) is 0 Å². The van der Waals surface area contributed by atoms with Crippen LogP contribution in [0.25, 0.3) is 0 Å². The number of halogens is 2. The third kappa shape index (κ3) is 4.27. The first-order valence-corrected chi connectivity index (χ1v) is 7.61. The molecule has 0 heterocycles. The van der Waals surface area contributed by atoms with Crippen molar-refractivity contribution < 1.29 is 4.74 Å². The first-order chi connectivity index (χ1) is 8.10. The van der Waals surface area contributed by atoms with E-state index in [4.69, 9.17) is 4.74 Å². The van der Waals surface area contributed by atoms with Gasteiger partial charge in [-0.25, -0.2) is 0 Å². The van der Waals surface area contributed by atoms with Crippen molar-refractivity contribution in [3.8, 4) is 0 Å². The Hall–Kier alpha value is -0.0600. The second-order valence-electron chi connectivity index (χ2n) is 4.19. The molecule has 0 amide bonds. The number of rotatable bonds is 6. The standard InChI is InChI=1S/C13H19Br2NO/c1-10(2)16(6-7-17-3)13-5-4-12(15)8-11(13)9-14/h4-5,8,10H,6-7,9H2,1-3H3. The molecule has 0 radical (unpaired) electrons. The molecule has 1 rings (SSSR count). The number of benzene rings is 1. The van der Waals surface area contributed by atoms with Crippen LogP contribution in [0.3, 0.4) is 0 Å². The zero-order valence-corrected chi connectivity index (χ0v) is 13.7. The van der Waals surface area contributed by atoms with E-state index in [9.17, 15) is 0 Å². The van der Waals surface area contributed by atoms with Crippen LogP contribution >= 0.6 is 31.9 Å². The van der Waals surface area contributed by atoms with Crippen molar-refractivity contribution >= 4 is 37.5 Å². The van der Waals surface area contributed by atoms with Gasteiger partial charge in [-0.2, -0.15) is 0 Å². The Labute approximate surface area is 121 Å². The van der Waals surface area contributed by atoms with Crippen molar-refractivity contribution in [2.45, 2.75) is 25.2 Å². The van der Waals surface area contributed by atoms with E-state index >= 15 is 0 Å². The van der Waals surface area contributed by atoms with Crippen LogP contribution in [-0.4, -0.2) is 26.3 Å². The number of nitrogens with zero attached hydrogens (tertiary/aromatic N) is 1. The quantitative estimate of drug-likeness (QED) is 0.701. The Morgan fingerprint density at radius 3 is 2.59 bits per heavy atom. The summed E-state index contributed by atoms with van der Waals surface area (Å²) < 4.78 is 6.30. The first kappa shape index (κ1) is 15.0. The molecule has 96 valence electrons. The zero-order chi connectivity index (χ0) is 12.8. The maximum absolute atomic E-state index is 5.18. The highest BCUT2D eigenvalue weighted by atomic mass is 79.9. The van der Waals surface area contributed by atoms with Crippen LogP contribution in [-0.2, 0) is 10.1 Å². The SMILES string of the molecule is COCCN(c1ccc(Br)cc1CBr)C(C)C. The lowest BCUT2D eigenvalue weighted by atomic mass is 10.1. The fraction of sp³-hybridized carbons (Fsp3) is 0.538. The molecule has 0 aliphatic heterocycles. The second-order valence-corrected chi connectivity index (χ2v) is 5.66. The molecule has 0 aliphatic carbocycles. The second kappa shape index (κ2) is 7.39. The minimum absolute atomic E-state index is 0.462. The molecule has 0 aromatic heterocycles. The molecular weight excluding hydrogens is 346 g/mol. The van der Waals surface area contributed by atoms with Crippen LogP contribution in [0.2, 0.25) is 0 Å². The van der Waals surface area contributed by atoms with Crippen LogP contribution in [0.15, 0.2) is 22.7 Å². The van der Waals surface area contributed by atoms with E-state index in [0.29, 0.717) is 6.04 Å². The molecule has 0 spiro atoms. The van der Waals surface area contributed by atoms with Crippen molar-refractivity contribution in [3.05, 3.63) is 28.2 Å². The third-order valence-electron chi connectivity index (χ3n) is 2.65. The number of anilines is 1. The molecule has 0 fully saturated rings. The lowest BCUT2D eigenvalue weighted by molar-refractivity contribution is 0.204. The Morgan fingerprint density at radius 2 is 2.06 bits per heavy atom. The van der Waals surface area contributed by atoms with E-state index in [2.05, 4.69) is 68.8 Å². The van der Waals surface area contributed by atoms with Crippen LogP contribution in [0, 0.1) is 0 Å². The summed E-state index contributed by atoms with van der Waals surface area (Å²) in [4.78, 5) is 2.37. The zero-order valence-electron chi connectivity index (χ0n) is 10.5.